The number of aromatic nitrogens is 1. The van der Waals surface area contributed by atoms with E-state index in [9.17, 15) is 18.8 Å². The summed E-state index contributed by atoms with van der Waals surface area (Å²) in [7, 11) is 0. The van der Waals surface area contributed by atoms with Crippen molar-refractivity contribution in [2.24, 2.45) is 5.92 Å². The Morgan fingerprint density at radius 1 is 1.42 bits per heavy atom. The van der Waals surface area contributed by atoms with Crippen molar-refractivity contribution in [3.63, 3.8) is 0 Å². The molecule has 0 spiro atoms. The molecule has 1 unspecified atom stereocenters. The van der Waals surface area contributed by atoms with Crippen LogP contribution < -0.4 is 5.32 Å². The van der Waals surface area contributed by atoms with E-state index in [-0.39, 0.29) is 11.4 Å². The summed E-state index contributed by atoms with van der Waals surface area (Å²) in [5, 5.41) is 12.3. The van der Waals surface area contributed by atoms with Gasteiger partial charge in [-0.05, 0) is 48.9 Å². The maximum absolute atomic E-state index is 13.6. The number of benzene rings is 1. The minimum atomic E-state index is -0.831. The van der Waals surface area contributed by atoms with Gasteiger partial charge in [0, 0.05) is 11.8 Å². The number of anilines is 1. The van der Waals surface area contributed by atoms with E-state index in [4.69, 9.17) is 0 Å². The second-order valence-corrected chi connectivity index (χ2v) is 7.33. The van der Waals surface area contributed by atoms with Crippen LogP contribution in [-0.4, -0.2) is 16.6 Å². The van der Waals surface area contributed by atoms with Crippen molar-refractivity contribution in [2.75, 3.05) is 11.1 Å². The van der Waals surface area contributed by atoms with E-state index in [1.165, 1.54) is 6.07 Å². The van der Waals surface area contributed by atoms with Gasteiger partial charge < -0.3 is 5.32 Å². The summed E-state index contributed by atoms with van der Waals surface area (Å²) >= 11 is 1.14. The van der Waals surface area contributed by atoms with Crippen LogP contribution in [0.25, 0.3) is 0 Å². The third-order valence-corrected chi connectivity index (χ3v) is 5.26. The number of hydrogen-bond acceptors (Lipinski definition) is 4. The van der Waals surface area contributed by atoms with Crippen LogP contribution in [0.5, 0.6) is 0 Å². The molecule has 134 valence electrons. The Bertz CT molecular complexity index is 895. The van der Waals surface area contributed by atoms with Crippen molar-refractivity contribution >= 4 is 23.4 Å². The zero-order valence-electron chi connectivity index (χ0n) is 14.2. The van der Waals surface area contributed by atoms with Gasteiger partial charge in [0.25, 0.3) is 0 Å². The van der Waals surface area contributed by atoms with Gasteiger partial charge in [0.2, 0.25) is 5.91 Å². The maximum atomic E-state index is 13.6. The van der Waals surface area contributed by atoms with E-state index in [1.54, 1.807) is 0 Å². The SMILES string of the molecule is CC1CCc2nc(SCC(=O)Nc3ccc(F)cc3F)c(C#N)cc2C1. The lowest BCUT2D eigenvalue weighted by molar-refractivity contribution is -0.113. The molecule has 1 aliphatic carbocycles. The molecule has 1 aromatic carbocycles. The highest BCUT2D eigenvalue weighted by Gasteiger charge is 2.20. The van der Waals surface area contributed by atoms with Crippen LogP contribution in [-0.2, 0) is 17.6 Å². The Balaban J connectivity index is 1.69. The summed E-state index contributed by atoms with van der Waals surface area (Å²) in [6.45, 7) is 2.18. The molecule has 26 heavy (non-hydrogen) atoms. The number of thioether (sulfide) groups is 1. The number of pyridine rings is 1. The molecule has 1 aromatic heterocycles. The number of amides is 1. The lowest BCUT2D eigenvalue weighted by Crippen LogP contribution is -2.16. The largest absolute Gasteiger partial charge is 0.323 e. The molecule has 1 aliphatic rings. The van der Waals surface area contributed by atoms with Gasteiger partial charge in [-0.2, -0.15) is 5.26 Å². The van der Waals surface area contributed by atoms with Gasteiger partial charge >= 0.3 is 0 Å². The molecule has 0 fully saturated rings. The Labute approximate surface area is 154 Å². The van der Waals surface area contributed by atoms with Crippen LogP contribution in [0.3, 0.4) is 0 Å². The first kappa shape index (κ1) is 18.3. The lowest BCUT2D eigenvalue weighted by Gasteiger charge is -2.21. The average molecular weight is 373 g/mol. The molecule has 0 bridgehead atoms. The Kier molecular flexibility index (Phi) is 5.52. The Morgan fingerprint density at radius 2 is 2.23 bits per heavy atom. The molecule has 1 N–H and O–H groups in total. The van der Waals surface area contributed by atoms with E-state index in [2.05, 4.69) is 23.3 Å². The highest BCUT2D eigenvalue weighted by atomic mass is 32.2. The number of halogens is 2. The molecule has 1 heterocycles. The Hall–Kier alpha value is -2.46. The number of hydrogen-bond donors (Lipinski definition) is 1. The first-order chi connectivity index (χ1) is 12.5. The number of nitriles is 1. The number of carbonyl (C=O) groups excluding carboxylic acids is 1. The summed E-state index contributed by atoms with van der Waals surface area (Å²) in [5.41, 5.74) is 2.45. The van der Waals surface area contributed by atoms with Crippen molar-refractivity contribution in [3.05, 3.63) is 52.7 Å². The zero-order valence-corrected chi connectivity index (χ0v) is 15.0. The topological polar surface area (TPSA) is 65.8 Å². The molecule has 7 heteroatoms. The number of carbonyl (C=O) groups is 1. The fraction of sp³-hybridized carbons (Fsp3) is 0.316. The number of aryl methyl sites for hydroxylation is 1. The van der Waals surface area contributed by atoms with Crippen molar-refractivity contribution < 1.29 is 13.6 Å². The summed E-state index contributed by atoms with van der Waals surface area (Å²) in [5.74, 6) is -1.43. The van der Waals surface area contributed by atoms with Crippen LogP contribution in [0.1, 0.15) is 30.2 Å². The summed E-state index contributed by atoms with van der Waals surface area (Å²) < 4.78 is 26.5. The Morgan fingerprint density at radius 3 is 2.96 bits per heavy atom. The molecule has 2 aromatic rings. The number of fused-ring (bicyclic) bond motifs is 1. The fourth-order valence-corrected chi connectivity index (χ4v) is 3.70. The lowest BCUT2D eigenvalue weighted by atomic mass is 9.87. The number of nitrogens with zero attached hydrogens (tertiary/aromatic N) is 2. The highest BCUT2D eigenvalue weighted by Crippen LogP contribution is 2.29. The molecule has 0 saturated carbocycles. The molecule has 0 aliphatic heterocycles. The van der Waals surface area contributed by atoms with Gasteiger partial charge in [0.15, 0.2) is 0 Å². The van der Waals surface area contributed by atoms with Crippen molar-refractivity contribution in [2.45, 2.75) is 31.2 Å². The average Bonchev–Trinajstić information content (AvgIpc) is 2.61. The van der Waals surface area contributed by atoms with E-state index < -0.39 is 17.5 Å². The van der Waals surface area contributed by atoms with E-state index in [0.29, 0.717) is 22.6 Å². The van der Waals surface area contributed by atoms with Crippen LogP contribution in [0.15, 0.2) is 29.3 Å². The van der Waals surface area contributed by atoms with E-state index >= 15 is 0 Å². The summed E-state index contributed by atoms with van der Waals surface area (Å²) in [6.07, 6.45) is 2.83. The molecule has 0 radical (unpaired) electrons. The first-order valence-corrected chi connectivity index (χ1v) is 9.25. The smallest absolute Gasteiger partial charge is 0.234 e. The van der Waals surface area contributed by atoms with E-state index in [0.717, 1.165) is 48.3 Å². The molecule has 1 amide bonds. The quantitative estimate of drug-likeness (QED) is 0.820. The maximum Gasteiger partial charge on any atom is 0.234 e. The summed E-state index contributed by atoms with van der Waals surface area (Å²) in [6, 6.07) is 6.95. The zero-order chi connectivity index (χ0) is 18.7. The number of rotatable bonds is 4. The van der Waals surface area contributed by atoms with Crippen molar-refractivity contribution in [3.8, 4) is 6.07 Å². The third-order valence-electron chi connectivity index (χ3n) is 4.26. The second-order valence-electron chi connectivity index (χ2n) is 6.37. The van der Waals surface area contributed by atoms with Crippen LogP contribution in [0.2, 0.25) is 0 Å². The van der Waals surface area contributed by atoms with Crippen molar-refractivity contribution in [1.82, 2.24) is 4.98 Å². The van der Waals surface area contributed by atoms with Crippen LogP contribution >= 0.6 is 11.8 Å². The van der Waals surface area contributed by atoms with Gasteiger partial charge in [-0.1, -0.05) is 18.7 Å². The molecule has 4 nitrogen and oxygen atoms in total. The normalized spacial score (nSPS) is 15.8. The molecule has 3 rings (SSSR count). The monoisotopic (exact) mass is 373 g/mol. The molecule has 1 atom stereocenters. The first-order valence-electron chi connectivity index (χ1n) is 8.27. The van der Waals surface area contributed by atoms with E-state index in [1.807, 2.05) is 6.07 Å². The van der Waals surface area contributed by atoms with Gasteiger partial charge in [0.1, 0.15) is 22.7 Å². The molecule has 0 saturated heterocycles. The highest BCUT2D eigenvalue weighted by molar-refractivity contribution is 8.00. The second kappa shape index (κ2) is 7.83. The minimum Gasteiger partial charge on any atom is -0.323 e. The van der Waals surface area contributed by atoms with Gasteiger partial charge in [-0.25, -0.2) is 13.8 Å². The predicted molar refractivity (Wildman–Crippen MR) is 95.9 cm³/mol. The molecular weight excluding hydrogens is 356 g/mol. The fourth-order valence-electron chi connectivity index (χ4n) is 2.93. The van der Waals surface area contributed by atoms with Crippen molar-refractivity contribution in [1.29, 1.82) is 5.26 Å². The summed E-state index contributed by atoms with van der Waals surface area (Å²) in [4.78, 5) is 16.6. The molecular formula is C19H17F2N3OS. The minimum absolute atomic E-state index is 0.0202. The predicted octanol–water partition coefficient (Wildman–Crippen LogP) is 4.09. The van der Waals surface area contributed by atoms with Gasteiger partial charge in [-0.15, -0.1) is 0 Å². The van der Waals surface area contributed by atoms with Gasteiger partial charge in [-0.3, -0.25) is 4.79 Å². The third kappa shape index (κ3) is 4.20. The van der Waals surface area contributed by atoms with Crippen LogP contribution in [0, 0.1) is 28.9 Å². The van der Waals surface area contributed by atoms with Crippen LogP contribution in [0.4, 0.5) is 14.5 Å². The number of nitrogens with one attached hydrogen (secondary N) is 1. The van der Waals surface area contributed by atoms with Gasteiger partial charge in [0.05, 0.1) is 17.0 Å². The standard InChI is InChI=1S/C19H17F2N3OS/c1-11-2-4-16-12(6-11)7-13(9-22)19(24-16)26-10-18(25)23-17-5-3-14(20)8-15(17)21/h3,5,7-8,11H,2,4,6,10H2,1H3,(H,23,25).